The van der Waals surface area contributed by atoms with Crippen LogP contribution in [0.15, 0.2) is 60.7 Å². The van der Waals surface area contributed by atoms with Gasteiger partial charge in [-0.3, -0.25) is 9.05 Å². The number of rotatable bonds is 15. The molecule has 0 fully saturated rings. The van der Waals surface area contributed by atoms with Crippen molar-refractivity contribution in [3.05, 3.63) is 71.8 Å². The van der Waals surface area contributed by atoms with Gasteiger partial charge in [-0.2, -0.15) is 0 Å². The van der Waals surface area contributed by atoms with Crippen LogP contribution in [-0.4, -0.2) is 60.1 Å². The van der Waals surface area contributed by atoms with Crippen molar-refractivity contribution in [3.63, 3.8) is 0 Å². The predicted octanol–water partition coefficient (Wildman–Crippen LogP) is 5.16. The Kier molecular flexibility index (Phi) is 13.4. The Bertz CT molecular complexity index is 1120. The van der Waals surface area contributed by atoms with E-state index in [2.05, 4.69) is 5.32 Å². The predicted molar refractivity (Wildman–Crippen MR) is 152 cm³/mol. The third kappa shape index (κ3) is 15.7. The van der Waals surface area contributed by atoms with Gasteiger partial charge < -0.3 is 29.2 Å². The van der Waals surface area contributed by atoms with E-state index in [0.29, 0.717) is 6.61 Å². The van der Waals surface area contributed by atoms with Gasteiger partial charge in [-0.15, -0.1) is 0 Å². The Hall–Kier alpha value is -2.79. The fourth-order valence-electron chi connectivity index (χ4n) is 3.19. The van der Waals surface area contributed by atoms with Crippen LogP contribution in [-0.2, 0) is 50.6 Å². The normalized spacial score (nSPS) is 14.9. The van der Waals surface area contributed by atoms with E-state index >= 15 is 0 Å². The van der Waals surface area contributed by atoms with Crippen molar-refractivity contribution in [1.82, 2.24) is 5.32 Å². The van der Waals surface area contributed by atoms with Crippen molar-refractivity contribution in [2.24, 2.45) is 0 Å². The number of hydrogen-bond donors (Lipinski definition) is 2. The first-order valence-corrected chi connectivity index (χ1v) is 14.7. The van der Waals surface area contributed by atoms with E-state index in [1.54, 1.807) is 41.5 Å². The molecule has 0 saturated heterocycles. The molecule has 0 spiro atoms. The van der Waals surface area contributed by atoms with E-state index in [1.807, 2.05) is 60.7 Å². The number of phosphoric acid groups is 1. The number of phosphoric ester groups is 1. The summed E-state index contributed by atoms with van der Waals surface area (Å²) in [5.74, 6) is -0.873. The SMILES string of the molecule is CC(C)(C)OC(=O)N[C@@H](COP(=O)(O)OC[C@@H](COCc1ccccc1)OCc1ccccc1)C(=O)OC(C)(C)C. The van der Waals surface area contributed by atoms with Gasteiger partial charge >= 0.3 is 19.9 Å². The molecule has 0 aromatic heterocycles. The van der Waals surface area contributed by atoms with Gasteiger partial charge in [-0.1, -0.05) is 60.7 Å². The molecule has 2 rings (SSSR count). The number of carbonyl (C=O) groups is 2. The maximum absolute atomic E-state index is 12.7. The summed E-state index contributed by atoms with van der Waals surface area (Å²) in [6.45, 7) is 9.46. The van der Waals surface area contributed by atoms with E-state index in [9.17, 15) is 19.0 Å². The summed E-state index contributed by atoms with van der Waals surface area (Å²) in [5.41, 5.74) is 0.137. The molecule has 2 aromatic rings. The van der Waals surface area contributed by atoms with Gasteiger partial charge in [0.1, 0.15) is 17.3 Å². The molecule has 0 aliphatic heterocycles. The fraction of sp³-hybridized carbons (Fsp3) is 0.517. The molecule has 0 bridgehead atoms. The zero-order valence-electron chi connectivity index (χ0n) is 24.5. The third-order valence-corrected chi connectivity index (χ3v) is 5.90. The second-order valence-electron chi connectivity index (χ2n) is 11.2. The van der Waals surface area contributed by atoms with Crippen molar-refractivity contribution >= 4 is 19.9 Å². The summed E-state index contributed by atoms with van der Waals surface area (Å²) in [6, 6.07) is 17.5. The van der Waals surface area contributed by atoms with Gasteiger partial charge in [0.2, 0.25) is 0 Å². The van der Waals surface area contributed by atoms with Crippen LogP contribution < -0.4 is 5.32 Å². The lowest BCUT2D eigenvalue weighted by Crippen LogP contribution is -2.48. The first kappa shape index (κ1) is 34.4. The molecule has 2 N–H and O–H groups in total. The molecule has 0 aliphatic rings. The average molecular weight is 596 g/mol. The van der Waals surface area contributed by atoms with Crippen LogP contribution in [0.5, 0.6) is 0 Å². The maximum atomic E-state index is 12.7. The zero-order chi connectivity index (χ0) is 30.5. The summed E-state index contributed by atoms with van der Waals surface area (Å²) in [4.78, 5) is 35.3. The van der Waals surface area contributed by atoms with Crippen molar-refractivity contribution in [2.75, 3.05) is 19.8 Å². The number of esters is 1. The zero-order valence-corrected chi connectivity index (χ0v) is 25.4. The lowest BCUT2D eigenvalue weighted by molar-refractivity contribution is -0.158. The topological polar surface area (TPSA) is 139 Å². The first-order valence-electron chi connectivity index (χ1n) is 13.2. The van der Waals surface area contributed by atoms with Gasteiger partial charge in [-0.05, 0) is 52.7 Å². The lowest BCUT2D eigenvalue weighted by atomic mass is 10.2. The highest BCUT2D eigenvalue weighted by Crippen LogP contribution is 2.43. The second-order valence-corrected chi connectivity index (χ2v) is 12.7. The van der Waals surface area contributed by atoms with E-state index in [4.69, 9.17) is 28.0 Å². The number of amides is 1. The summed E-state index contributed by atoms with van der Waals surface area (Å²) in [5, 5.41) is 2.32. The number of ether oxygens (including phenoxy) is 4. The Labute approximate surface area is 242 Å². The van der Waals surface area contributed by atoms with Crippen molar-refractivity contribution < 1.29 is 47.0 Å². The first-order chi connectivity index (χ1) is 19.1. The van der Waals surface area contributed by atoms with Crippen LogP contribution in [0.2, 0.25) is 0 Å². The molecule has 0 heterocycles. The summed E-state index contributed by atoms with van der Waals surface area (Å²) < 4.78 is 45.1. The maximum Gasteiger partial charge on any atom is 0.472 e. The van der Waals surface area contributed by atoms with Crippen molar-refractivity contribution in [2.45, 2.75) is 78.1 Å². The molecule has 41 heavy (non-hydrogen) atoms. The third-order valence-electron chi connectivity index (χ3n) is 4.95. The average Bonchev–Trinajstić information content (AvgIpc) is 2.87. The van der Waals surface area contributed by atoms with Crippen molar-refractivity contribution in [1.29, 1.82) is 0 Å². The van der Waals surface area contributed by atoms with Crippen LogP contribution in [0.1, 0.15) is 52.7 Å². The molecule has 12 heteroatoms. The van der Waals surface area contributed by atoms with Gasteiger partial charge in [0.05, 0.1) is 33.0 Å². The van der Waals surface area contributed by atoms with Crippen molar-refractivity contribution in [3.8, 4) is 0 Å². The van der Waals surface area contributed by atoms with Gasteiger partial charge in [-0.25, -0.2) is 14.2 Å². The molecular weight excluding hydrogens is 553 g/mol. The monoisotopic (exact) mass is 595 g/mol. The van der Waals surface area contributed by atoms with Gasteiger partial charge in [0.15, 0.2) is 6.04 Å². The smallest absolute Gasteiger partial charge is 0.458 e. The Morgan fingerprint density at radius 1 is 0.780 bits per heavy atom. The summed E-state index contributed by atoms with van der Waals surface area (Å²) >= 11 is 0. The van der Waals surface area contributed by atoms with Crippen LogP contribution in [0.3, 0.4) is 0 Å². The van der Waals surface area contributed by atoms with Crippen LogP contribution >= 0.6 is 7.82 Å². The minimum absolute atomic E-state index is 0.0719. The largest absolute Gasteiger partial charge is 0.472 e. The van der Waals surface area contributed by atoms with Crippen LogP contribution in [0, 0.1) is 0 Å². The second kappa shape index (κ2) is 16.0. The van der Waals surface area contributed by atoms with Crippen LogP contribution in [0.25, 0.3) is 0 Å². The molecular formula is C29H42NO10P. The number of hydrogen-bond acceptors (Lipinski definition) is 9. The number of alkyl carbamates (subject to hydrolysis) is 1. The number of benzene rings is 2. The summed E-state index contributed by atoms with van der Waals surface area (Å²) in [7, 11) is -4.70. The lowest BCUT2D eigenvalue weighted by Gasteiger charge is -2.26. The number of nitrogens with one attached hydrogen (secondary N) is 1. The molecule has 0 radical (unpaired) electrons. The van der Waals surface area contributed by atoms with E-state index < -0.39 is 49.8 Å². The highest BCUT2D eigenvalue weighted by molar-refractivity contribution is 7.47. The molecule has 228 valence electrons. The molecule has 1 unspecified atom stereocenters. The standard InChI is InChI=1S/C29H42NO10P/c1-28(2,3)39-26(31)25(30-27(32)40-29(4,5)6)21-38-41(33,34)37-20-24(36-18-23-15-11-8-12-16-23)19-35-17-22-13-9-7-10-14-22/h7-16,24-25H,17-21H2,1-6H3,(H,30,32)(H,33,34)/t24-,25+/m1/s1. The summed E-state index contributed by atoms with van der Waals surface area (Å²) in [6.07, 6.45) is -1.64. The highest BCUT2D eigenvalue weighted by atomic mass is 31.2. The molecule has 1 amide bonds. The molecule has 3 atom stereocenters. The molecule has 2 aromatic carbocycles. The van der Waals surface area contributed by atoms with E-state index in [0.717, 1.165) is 11.1 Å². The quantitative estimate of drug-likeness (QED) is 0.210. The Morgan fingerprint density at radius 2 is 1.29 bits per heavy atom. The highest BCUT2D eigenvalue weighted by Gasteiger charge is 2.33. The fourth-order valence-corrected chi connectivity index (χ4v) is 3.96. The minimum atomic E-state index is -4.70. The Morgan fingerprint density at radius 3 is 1.83 bits per heavy atom. The molecule has 0 saturated carbocycles. The van der Waals surface area contributed by atoms with E-state index in [-0.39, 0.29) is 19.8 Å². The Balaban J connectivity index is 2.00. The van der Waals surface area contributed by atoms with E-state index in [1.165, 1.54) is 0 Å². The molecule has 11 nitrogen and oxygen atoms in total. The van der Waals surface area contributed by atoms with Gasteiger partial charge in [0, 0.05) is 0 Å². The molecule has 0 aliphatic carbocycles. The minimum Gasteiger partial charge on any atom is -0.458 e. The van der Waals surface area contributed by atoms with Gasteiger partial charge in [0.25, 0.3) is 0 Å². The number of carbonyl (C=O) groups excluding carboxylic acids is 2. The van der Waals surface area contributed by atoms with Crippen LogP contribution in [0.4, 0.5) is 4.79 Å².